The number of amides is 1. The molecule has 1 fully saturated rings. The van der Waals surface area contributed by atoms with Gasteiger partial charge >= 0.3 is 0 Å². The Hall–Kier alpha value is -2.14. The molecule has 2 aromatic rings. The zero-order chi connectivity index (χ0) is 19.3. The summed E-state index contributed by atoms with van der Waals surface area (Å²) in [5, 5.41) is 3.17. The van der Waals surface area contributed by atoms with Crippen LogP contribution >= 0.6 is 0 Å². The standard InChI is InChI=1S/C22H27NO3S/c1-2-18-8-6-7-11-21(18)23-22(24)19-14-12-17(13-15-19)16-27(25,26)20-9-4-3-5-10-20/h3-5,9-10,12-15,18,21H,2,6-8,11,16H2,1H3,(H,23,24). The van der Waals surface area contributed by atoms with E-state index in [0.717, 1.165) is 19.3 Å². The van der Waals surface area contributed by atoms with Gasteiger partial charge in [0.05, 0.1) is 10.6 Å². The van der Waals surface area contributed by atoms with E-state index in [0.29, 0.717) is 21.9 Å². The maximum Gasteiger partial charge on any atom is 0.251 e. The summed E-state index contributed by atoms with van der Waals surface area (Å²) in [4.78, 5) is 12.9. The Morgan fingerprint density at radius 3 is 2.33 bits per heavy atom. The van der Waals surface area contributed by atoms with Crippen LogP contribution in [0.1, 0.15) is 54.9 Å². The second-order valence-electron chi connectivity index (χ2n) is 7.30. The van der Waals surface area contributed by atoms with Crippen LogP contribution < -0.4 is 5.32 Å². The Morgan fingerprint density at radius 1 is 1.00 bits per heavy atom. The molecule has 0 spiro atoms. The maximum absolute atomic E-state index is 12.6. The van der Waals surface area contributed by atoms with Crippen molar-refractivity contribution in [2.75, 3.05) is 0 Å². The number of carbonyl (C=O) groups excluding carboxylic acids is 1. The third-order valence-corrected chi connectivity index (χ3v) is 7.13. The Bertz CT molecular complexity index is 860. The minimum absolute atomic E-state index is 0.0700. The van der Waals surface area contributed by atoms with Crippen LogP contribution in [0.5, 0.6) is 0 Å². The summed E-state index contributed by atoms with van der Waals surface area (Å²) in [5.74, 6) is 0.412. The van der Waals surface area contributed by atoms with Crippen LogP contribution in [0.15, 0.2) is 59.5 Å². The first-order chi connectivity index (χ1) is 13.0. The normalized spacial score (nSPS) is 20.2. The van der Waals surface area contributed by atoms with Crippen molar-refractivity contribution in [1.82, 2.24) is 5.32 Å². The third kappa shape index (κ3) is 4.98. The van der Waals surface area contributed by atoms with Crippen LogP contribution in [0.25, 0.3) is 0 Å². The highest BCUT2D eigenvalue weighted by molar-refractivity contribution is 7.90. The van der Waals surface area contributed by atoms with E-state index in [1.807, 2.05) is 0 Å². The molecule has 2 unspecified atom stereocenters. The van der Waals surface area contributed by atoms with Gasteiger partial charge in [-0.1, -0.05) is 56.5 Å². The molecule has 27 heavy (non-hydrogen) atoms. The smallest absolute Gasteiger partial charge is 0.251 e. The SMILES string of the molecule is CCC1CCCCC1NC(=O)c1ccc(CS(=O)(=O)c2ccccc2)cc1. The second-order valence-corrected chi connectivity index (χ2v) is 9.29. The first-order valence-electron chi connectivity index (χ1n) is 9.67. The van der Waals surface area contributed by atoms with Gasteiger partial charge in [-0.15, -0.1) is 0 Å². The van der Waals surface area contributed by atoms with Crippen LogP contribution in [0.2, 0.25) is 0 Å². The molecule has 2 aromatic carbocycles. The molecule has 0 radical (unpaired) electrons. The van der Waals surface area contributed by atoms with Crippen LogP contribution in [-0.4, -0.2) is 20.4 Å². The summed E-state index contributed by atoms with van der Waals surface area (Å²) in [6.45, 7) is 2.18. The van der Waals surface area contributed by atoms with Crippen LogP contribution in [0, 0.1) is 5.92 Å². The molecule has 1 amide bonds. The minimum atomic E-state index is -3.38. The lowest BCUT2D eigenvalue weighted by atomic mass is 9.83. The van der Waals surface area contributed by atoms with Crippen molar-refractivity contribution in [2.45, 2.75) is 55.7 Å². The van der Waals surface area contributed by atoms with Gasteiger partial charge in [-0.05, 0) is 48.6 Å². The van der Waals surface area contributed by atoms with E-state index in [9.17, 15) is 13.2 Å². The van der Waals surface area contributed by atoms with Gasteiger partial charge < -0.3 is 5.32 Å². The summed E-state index contributed by atoms with van der Waals surface area (Å²) in [7, 11) is -3.38. The average molecular weight is 386 g/mol. The van der Waals surface area contributed by atoms with Crippen LogP contribution in [-0.2, 0) is 15.6 Å². The highest BCUT2D eigenvalue weighted by Crippen LogP contribution is 2.27. The minimum Gasteiger partial charge on any atom is -0.349 e. The first kappa shape index (κ1) is 19.6. The highest BCUT2D eigenvalue weighted by Gasteiger charge is 2.25. The maximum atomic E-state index is 12.6. The largest absolute Gasteiger partial charge is 0.349 e. The summed E-state index contributed by atoms with van der Waals surface area (Å²) in [6.07, 6.45) is 5.71. The molecule has 144 valence electrons. The van der Waals surface area contributed by atoms with E-state index in [4.69, 9.17) is 0 Å². The Labute approximate surface area is 161 Å². The zero-order valence-corrected chi connectivity index (χ0v) is 16.5. The van der Waals surface area contributed by atoms with E-state index in [2.05, 4.69) is 12.2 Å². The van der Waals surface area contributed by atoms with Gasteiger partial charge in [-0.2, -0.15) is 0 Å². The Balaban J connectivity index is 1.65. The van der Waals surface area contributed by atoms with E-state index in [-0.39, 0.29) is 17.7 Å². The lowest BCUT2D eigenvalue weighted by Crippen LogP contribution is -2.41. The fourth-order valence-corrected chi connectivity index (χ4v) is 5.19. The molecular weight excluding hydrogens is 358 g/mol. The molecule has 1 aliphatic rings. The molecule has 3 rings (SSSR count). The number of carbonyl (C=O) groups is 1. The van der Waals surface area contributed by atoms with Crippen LogP contribution in [0.3, 0.4) is 0 Å². The quantitative estimate of drug-likeness (QED) is 0.804. The zero-order valence-electron chi connectivity index (χ0n) is 15.7. The molecule has 2 atom stereocenters. The number of nitrogens with one attached hydrogen (secondary N) is 1. The Kier molecular flexibility index (Phi) is 6.32. The lowest BCUT2D eigenvalue weighted by molar-refractivity contribution is 0.0904. The van der Waals surface area contributed by atoms with Gasteiger partial charge in [0.2, 0.25) is 0 Å². The van der Waals surface area contributed by atoms with Gasteiger partial charge in [0, 0.05) is 11.6 Å². The molecule has 5 heteroatoms. The number of hydrogen-bond acceptors (Lipinski definition) is 3. The summed E-state index contributed by atoms with van der Waals surface area (Å²) in [6, 6.07) is 15.6. The highest BCUT2D eigenvalue weighted by atomic mass is 32.2. The molecule has 0 aromatic heterocycles. The summed E-state index contributed by atoms with van der Waals surface area (Å²) in [5.41, 5.74) is 1.26. The number of benzene rings is 2. The molecule has 1 saturated carbocycles. The average Bonchev–Trinajstić information content (AvgIpc) is 2.69. The van der Waals surface area contributed by atoms with Crippen molar-refractivity contribution < 1.29 is 13.2 Å². The molecule has 0 heterocycles. The molecule has 0 aliphatic heterocycles. The molecular formula is C22H27NO3S. The van der Waals surface area contributed by atoms with E-state index in [1.165, 1.54) is 12.8 Å². The molecule has 4 nitrogen and oxygen atoms in total. The van der Waals surface area contributed by atoms with Gasteiger partial charge in [0.15, 0.2) is 9.84 Å². The van der Waals surface area contributed by atoms with Gasteiger partial charge in [-0.25, -0.2) is 8.42 Å². The van der Waals surface area contributed by atoms with Crippen molar-refractivity contribution in [3.63, 3.8) is 0 Å². The number of hydrogen-bond donors (Lipinski definition) is 1. The lowest BCUT2D eigenvalue weighted by Gasteiger charge is -2.31. The van der Waals surface area contributed by atoms with Gasteiger partial charge in [0.1, 0.15) is 0 Å². The predicted molar refractivity (Wildman–Crippen MR) is 107 cm³/mol. The van der Waals surface area contributed by atoms with Crippen LogP contribution in [0.4, 0.5) is 0 Å². The fourth-order valence-electron chi connectivity index (χ4n) is 3.82. The first-order valence-corrected chi connectivity index (χ1v) is 11.3. The van der Waals surface area contributed by atoms with Gasteiger partial charge in [-0.3, -0.25) is 4.79 Å². The van der Waals surface area contributed by atoms with Crippen molar-refractivity contribution in [3.8, 4) is 0 Å². The van der Waals surface area contributed by atoms with Crippen molar-refractivity contribution in [1.29, 1.82) is 0 Å². The molecule has 1 aliphatic carbocycles. The number of sulfone groups is 1. The summed E-state index contributed by atoms with van der Waals surface area (Å²) >= 11 is 0. The topological polar surface area (TPSA) is 63.2 Å². The second kappa shape index (κ2) is 8.70. The summed E-state index contributed by atoms with van der Waals surface area (Å²) < 4.78 is 24.9. The molecule has 1 N–H and O–H groups in total. The van der Waals surface area contributed by atoms with E-state index in [1.54, 1.807) is 54.6 Å². The fraction of sp³-hybridized carbons (Fsp3) is 0.409. The number of rotatable bonds is 6. The van der Waals surface area contributed by atoms with Crippen molar-refractivity contribution in [3.05, 3.63) is 65.7 Å². The van der Waals surface area contributed by atoms with E-state index < -0.39 is 9.84 Å². The van der Waals surface area contributed by atoms with Crippen molar-refractivity contribution >= 4 is 15.7 Å². The van der Waals surface area contributed by atoms with Gasteiger partial charge in [0.25, 0.3) is 5.91 Å². The monoisotopic (exact) mass is 385 g/mol. The van der Waals surface area contributed by atoms with E-state index >= 15 is 0 Å². The predicted octanol–water partition coefficient (Wildman–Crippen LogP) is 4.36. The molecule has 0 saturated heterocycles. The third-order valence-electron chi connectivity index (χ3n) is 5.43. The molecule has 0 bridgehead atoms. The Morgan fingerprint density at radius 2 is 1.67 bits per heavy atom. The van der Waals surface area contributed by atoms with Crippen molar-refractivity contribution in [2.24, 2.45) is 5.92 Å².